The maximum Gasteiger partial charge on any atom is 0.317 e. The largest absolute Gasteiger partial charge is 0.480 e. The van der Waals surface area contributed by atoms with E-state index in [1.165, 1.54) is 0 Å². The second-order valence-electron chi connectivity index (χ2n) is 8.73. The van der Waals surface area contributed by atoms with Crippen molar-refractivity contribution in [2.45, 2.75) is 12.5 Å². The molecular weight excluding hydrogens is 458 g/mol. The Morgan fingerprint density at radius 2 is 1.29 bits per heavy atom. The van der Waals surface area contributed by atoms with E-state index in [2.05, 4.69) is 0 Å². The summed E-state index contributed by atoms with van der Waals surface area (Å²) in [5, 5.41) is 28.2. The molecule has 1 aromatic carbocycles. The van der Waals surface area contributed by atoms with E-state index < -0.39 is 17.9 Å². The third kappa shape index (κ3) is 10.8. The molecule has 194 valence electrons. The second kappa shape index (κ2) is 14.4. The lowest BCUT2D eigenvalue weighted by Gasteiger charge is -2.37. The minimum absolute atomic E-state index is 0.130. The normalized spacial score (nSPS) is 19.9. The predicted molar refractivity (Wildman–Crippen MR) is 128 cm³/mol. The number of nitrogens with zero attached hydrogens (tertiary/aromatic N) is 4. The Morgan fingerprint density at radius 3 is 1.77 bits per heavy atom. The van der Waals surface area contributed by atoms with Crippen molar-refractivity contribution in [2.24, 2.45) is 0 Å². The summed E-state index contributed by atoms with van der Waals surface area (Å²) in [6.45, 7) is 1.87. The van der Waals surface area contributed by atoms with E-state index in [-0.39, 0.29) is 32.2 Å². The van der Waals surface area contributed by atoms with Crippen LogP contribution in [0, 0.1) is 0 Å². The van der Waals surface area contributed by atoms with E-state index in [0.717, 1.165) is 11.8 Å². The number of hydrogen-bond acceptors (Lipinski definition) is 9. The first-order valence-corrected chi connectivity index (χ1v) is 11.5. The van der Waals surface area contributed by atoms with Gasteiger partial charge in [-0.15, -0.1) is 0 Å². The number of nitrogen functional groups attached to an aromatic ring is 1. The molecule has 1 aliphatic heterocycles. The lowest BCUT2D eigenvalue weighted by molar-refractivity contribution is -0.141. The predicted octanol–water partition coefficient (Wildman–Crippen LogP) is -1.15. The van der Waals surface area contributed by atoms with Crippen LogP contribution in [0.3, 0.4) is 0 Å². The maximum absolute atomic E-state index is 11.7. The number of benzene rings is 1. The van der Waals surface area contributed by atoms with Gasteiger partial charge in [0.15, 0.2) is 0 Å². The minimum atomic E-state index is -1.01. The summed E-state index contributed by atoms with van der Waals surface area (Å²) in [5.41, 5.74) is 7.36. The molecule has 12 nitrogen and oxygen atoms in total. The lowest BCUT2D eigenvalue weighted by atomic mass is 10.0. The molecule has 12 heteroatoms. The quantitative estimate of drug-likeness (QED) is 0.229. The Bertz CT molecular complexity index is 851. The number of carboxylic acids is 3. The fourth-order valence-corrected chi connectivity index (χ4v) is 4.22. The van der Waals surface area contributed by atoms with E-state index in [1.807, 2.05) is 21.9 Å². The Hall–Kier alpha value is -3.06. The highest BCUT2D eigenvalue weighted by atomic mass is 16.4. The number of carbonyl (C=O) groups excluding carboxylic acids is 1. The van der Waals surface area contributed by atoms with Crippen LogP contribution in [0.25, 0.3) is 0 Å². The van der Waals surface area contributed by atoms with Gasteiger partial charge in [0.1, 0.15) is 6.29 Å². The highest BCUT2D eigenvalue weighted by molar-refractivity contribution is 5.70. The van der Waals surface area contributed by atoms with Crippen molar-refractivity contribution in [1.29, 1.82) is 0 Å². The fraction of sp³-hybridized carbons (Fsp3) is 0.565. The highest BCUT2D eigenvalue weighted by Gasteiger charge is 2.26. The third-order valence-electron chi connectivity index (χ3n) is 5.99. The molecule has 1 aromatic rings. The van der Waals surface area contributed by atoms with Gasteiger partial charge >= 0.3 is 17.9 Å². The highest BCUT2D eigenvalue weighted by Crippen LogP contribution is 2.14. The SMILES string of the molecule is Nc1ccc(CC2CN(CC=O)CCN(CC(=O)O)CCN(CC(=O)O)CCN2CC(=O)O)cc1. The summed E-state index contributed by atoms with van der Waals surface area (Å²) >= 11 is 0. The van der Waals surface area contributed by atoms with Crippen LogP contribution in [-0.2, 0) is 25.6 Å². The van der Waals surface area contributed by atoms with Gasteiger partial charge in [-0.1, -0.05) is 12.1 Å². The smallest absolute Gasteiger partial charge is 0.317 e. The van der Waals surface area contributed by atoms with Gasteiger partial charge in [-0.2, -0.15) is 0 Å². The van der Waals surface area contributed by atoms with Crippen molar-refractivity contribution in [2.75, 3.05) is 77.7 Å². The molecule has 0 spiro atoms. The summed E-state index contributed by atoms with van der Waals surface area (Å²) < 4.78 is 0. The average molecular weight is 494 g/mol. The van der Waals surface area contributed by atoms with Crippen LogP contribution in [0.4, 0.5) is 5.69 Å². The zero-order valence-corrected chi connectivity index (χ0v) is 19.8. The molecule has 1 aliphatic rings. The van der Waals surface area contributed by atoms with Gasteiger partial charge in [0, 0.05) is 57.5 Å². The van der Waals surface area contributed by atoms with Gasteiger partial charge in [-0.05, 0) is 24.1 Å². The minimum Gasteiger partial charge on any atom is -0.480 e. The summed E-state index contributed by atoms with van der Waals surface area (Å²) in [5.74, 6) is -3.00. The molecule has 1 fully saturated rings. The topological polar surface area (TPSA) is 168 Å². The molecule has 0 amide bonds. The van der Waals surface area contributed by atoms with E-state index >= 15 is 0 Å². The van der Waals surface area contributed by atoms with Crippen LogP contribution in [-0.4, -0.2) is 137 Å². The van der Waals surface area contributed by atoms with Crippen molar-refractivity contribution in [3.8, 4) is 0 Å². The molecule has 0 bridgehead atoms. The average Bonchev–Trinajstić information content (AvgIpc) is 2.77. The molecule has 5 N–H and O–H groups in total. The maximum atomic E-state index is 11.7. The number of aliphatic carboxylic acids is 3. The number of rotatable bonds is 10. The van der Waals surface area contributed by atoms with Crippen LogP contribution in [0.1, 0.15) is 5.56 Å². The van der Waals surface area contributed by atoms with Gasteiger partial charge in [-0.25, -0.2) is 0 Å². The van der Waals surface area contributed by atoms with Gasteiger partial charge in [0.25, 0.3) is 0 Å². The first kappa shape index (κ1) is 28.2. The third-order valence-corrected chi connectivity index (χ3v) is 5.99. The molecule has 1 unspecified atom stereocenters. The first-order valence-electron chi connectivity index (χ1n) is 11.5. The molecule has 0 aliphatic carbocycles. The Balaban J connectivity index is 2.35. The van der Waals surface area contributed by atoms with Crippen molar-refractivity contribution in [1.82, 2.24) is 19.6 Å². The standard InChI is InChI=1S/C23H35N5O7/c24-19-3-1-18(2-4-19)13-20-14-27(11-12-29)8-7-25(15-21(30)31)5-6-26(16-22(32)33)9-10-28(20)17-23(34)35/h1-4,12,20H,5-11,13-17,24H2,(H,30,31)(H,32,33)(H,34,35). The Labute approximate surface area is 204 Å². The van der Waals surface area contributed by atoms with Crippen LogP contribution in [0.5, 0.6) is 0 Å². The van der Waals surface area contributed by atoms with Crippen LogP contribution in [0.2, 0.25) is 0 Å². The number of anilines is 1. The Morgan fingerprint density at radius 1 is 0.800 bits per heavy atom. The summed E-state index contributed by atoms with van der Waals surface area (Å²) in [6.07, 6.45) is 1.28. The number of hydrogen-bond donors (Lipinski definition) is 4. The second-order valence-corrected chi connectivity index (χ2v) is 8.73. The molecule has 2 rings (SSSR count). The molecule has 1 atom stereocenters. The number of carboxylic acid groups (broad SMARTS) is 3. The zero-order valence-electron chi connectivity index (χ0n) is 19.8. The molecule has 0 radical (unpaired) electrons. The molecule has 1 heterocycles. The Kier molecular flexibility index (Phi) is 11.6. The summed E-state index contributed by atoms with van der Waals surface area (Å²) in [4.78, 5) is 52.9. The fourth-order valence-electron chi connectivity index (χ4n) is 4.22. The van der Waals surface area contributed by atoms with Gasteiger partial charge in [0.2, 0.25) is 0 Å². The van der Waals surface area contributed by atoms with Gasteiger partial charge in [0.05, 0.1) is 26.2 Å². The zero-order chi connectivity index (χ0) is 25.8. The first-order chi connectivity index (χ1) is 16.7. The van der Waals surface area contributed by atoms with Gasteiger partial charge < -0.3 is 25.8 Å². The lowest BCUT2D eigenvalue weighted by Crippen LogP contribution is -2.53. The van der Waals surface area contributed by atoms with Crippen molar-refractivity contribution in [3.63, 3.8) is 0 Å². The van der Waals surface area contributed by atoms with E-state index in [9.17, 15) is 34.5 Å². The van der Waals surface area contributed by atoms with Crippen LogP contribution >= 0.6 is 0 Å². The number of carbonyl (C=O) groups is 4. The van der Waals surface area contributed by atoms with E-state index in [4.69, 9.17) is 5.73 Å². The van der Waals surface area contributed by atoms with Crippen molar-refractivity contribution in [3.05, 3.63) is 29.8 Å². The molecule has 35 heavy (non-hydrogen) atoms. The monoisotopic (exact) mass is 493 g/mol. The number of aldehydes is 1. The molecular formula is C23H35N5O7. The van der Waals surface area contributed by atoms with E-state index in [0.29, 0.717) is 57.9 Å². The van der Waals surface area contributed by atoms with Gasteiger partial charge in [-0.3, -0.25) is 34.0 Å². The van der Waals surface area contributed by atoms with E-state index in [1.54, 1.807) is 21.9 Å². The molecule has 0 saturated carbocycles. The molecule has 0 aromatic heterocycles. The van der Waals surface area contributed by atoms with Crippen molar-refractivity contribution >= 4 is 29.9 Å². The summed E-state index contributed by atoms with van der Waals surface area (Å²) in [6, 6.07) is 7.01. The van der Waals surface area contributed by atoms with Crippen molar-refractivity contribution < 1.29 is 34.5 Å². The summed E-state index contributed by atoms with van der Waals surface area (Å²) in [7, 11) is 0. The van der Waals surface area contributed by atoms with Crippen LogP contribution in [0.15, 0.2) is 24.3 Å². The van der Waals surface area contributed by atoms with Crippen LogP contribution < -0.4 is 5.73 Å². The number of nitrogens with two attached hydrogens (primary N) is 1. The molecule has 1 saturated heterocycles.